The van der Waals surface area contributed by atoms with Crippen molar-refractivity contribution in [1.29, 1.82) is 0 Å². The number of hydrogen-bond donors (Lipinski definition) is 1. The lowest BCUT2D eigenvalue weighted by molar-refractivity contribution is 0.652. The molecule has 0 spiro atoms. The van der Waals surface area contributed by atoms with E-state index in [9.17, 15) is 4.79 Å². The Labute approximate surface area is 172 Å². The third-order valence-corrected chi connectivity index (χ3v) is 4.25. The smallest absolute Gasteiger partial charge is 0.269 e. The molecule has 29 heavy (non-hydrogen) atoms. The van der Waals surface area contributed by atoms with Crippen LogP contribution in [0.2, 0.25) is 0 Å². The molecule has 0 aliphatic carbocycles. The average Bonchev–Trinajstić information content (AvgIpc) is 3.18. The number of aromatic nitrogens is 4. The fourth-order valence-electron chi connectivity index (χ4n) is 2.92. The minimum absolute atomic E-state index is 0.130. The van der Waals surface area contributed by atoms with Crippen molar-refractivity contribution in [2.24, 2.45) is 0 Å². The highest BCUT2D eigenvalue weighted by Crippen LogP contribution is 2.14. The Morgan fingerprint density at radius 3 is 2.03 bits per heavy atom. The first-order valence-corrected chi connectivity index (χ1v) is 10.3. The van der Waals surface area contributed by atoms with Gasteiger partial charge < -0.3 is 0 Å². The maximum atomic E-state index is 12.3. The van der Waals surface area contributed by atoms with Crippen LogP contribution in [0.25, 0.3) is 11.0 Å². The summed E-state index contributed by atoms with van der Waals surface area (Å²) >= 11 is 0. The van der Waals surface area contributed by atoms with Gasteiger partial charge >= 0.3 is 0 Å². The van der Waals surface area contributed by atoms with Crippen molar-refractivity contribution in [3.05, 3.63) is 93.9 Å². The number of fused-ring (bicyclic) bond motifs is 1. The van der Waals surface area contributed by atoms with E-state index in [0.29, 0.717) is 12.1 Å². The normalized spacial score (nSPS) is 9.93. The van der Waals surface area contributed by atoms with Crippen molar-refractivity contribution in [1.82, 2.24) is 20.0 Å². The van der Waals surface area contributed by atoms with E-state index in [2.05, 4.69) is 27.4 Å². The quantitative estimate of drug-likeness (QED) is 0.521. The van der Waals surface area contributed by atoms with E-state index in [1.165, 1.54) is 10.2 Å². The van der Waals surface area contributed by atoms with E-state index in [1.807, 2.05) is 76.2 Å². The van der Waals surface area contributed by atoms with Gasteiger partial charge in [-0.2, -0.15) is 10.2 Å². The lowest BCUT2D eigenvalue weighted by Crippen LogP contribution is -2.22. The van der Waals surface area contributed by atoms with Gasteiger partial charge in [-0.15, -0.1) is 0 Å². The van der Waals surface area contributed by atoms with Gasteiger partial charge in [0.25, 0.3) is 5.56 Å². The van der Waals surface area contributed by atoms with Crippen LogP contribution in [-0.2, 0) is 19.4 Å². The Morgan fingerprint density at radius 2 is 1.41 bits per heavy atom. The molecule has 2 aromatic heterocycles. The molecule has 0 aliphatic rings. The first-order chi connectivity index (χ1) is 14.3. The fraction of sp³-hybridized carbons (Fsp3) is 0.292. The Bertz CT molecular complexity index is 1040. The molecule has 5 heteroatoms. The zero-order chi connectivity index (χ0) is 21.1. The topological polar surface area (TPSA) is 63.6 Å². The zero-order valence-corrected chi connectivity index (χ0v) is 17.7. The number of benzene rings is 2. The van der Waals surface area contributed by atoms with E-state index in [0.717, 1.165) is 29.6 Å². The van der Waals surface area contributed by atoms with Crippen molar-refractivity contribution < 1.29 is 0 Å². The third kappa shape index (κ3) is 5.88. The number of H-pyrrole nitrogens is 1. The molecule has 0 atom stereocenters. The van der Waals surface area contributed by atoms with E-state index >= 15 is 0 Å². The lowest BCUT2D eigenvalue weighted by Gasteiger charge is -2.05. The van der Waals surface area contributed by atoms with Crippen LogP contribution in [-0.4, -0.2) is 20.0 Å². The van der Waals surface area contributed by atoms with Crippen LogP contribution in [0.4, 0.5) is 0 Å². The predicted molar refractivity (Wildman–Crippen MR) is 120 cm³/mol. The molecule has 0 radical (unpaired) electrons. The Kier molecular flexibility index (Phi) is 8.83. The minimum Gasteiger partial charge on any atom is -0.276 e. The zero-order valence-electron chi connectivity index (χ0n) is 17.7. The van der Waals surface area contributed by atoms with Crippen molar-refractivity contribution in [2.75, 3.05) is 0 Å². The maximum absolute atomic E-state index is 12.3. The molecule has 0 saturated carbocycles. The summed E-state index contributed by atoms with van der Waals surface area (Å²) in [7, 11) is 0. The van der Waals surface area contributed by atoms with Crippen LogP contribution in [0.3, 0.4) is 0 Å². The van der Waals surface area contributed by atoms with E-state index in [-0.39, 0.29) is 5.56 Å². The highest BCUT2D eigenvalue weighted by Gasteiger charge is 2.11. The number of hydrogen-bond acceptors (Lipinski definition) is 3. The largest absolute Gasteiger partial charge is 0.276 e. The molecule has 0 amide bonds. The van der Waals surface area contributed by atoms with Gasteiger partial charge in [0.2, 0.25) is 0 Å². The molecule has 2 heterocycles. The van der Waals surface area contributed by atoms with E-state index in [1.54, 1.807) is 6.07 Å². The molecule has 4 aromatic rings. The number of rotatable bonds is 5. The van der Waals surface area contributed by atoms with Gasteiger partial charge in [0, 0.05) is 6.07 Å². The van der Waals surface area contributed by atoms with Crippen molar-refractivity contribution in [2.45, 2.75) is 47.1 Å². The minimum atomic E-state index is -0.130. The van der Waals surface area contributed by atoms with Gasteiger partial charge in [-0.05, 0) is 24.0 Å². The summed E-state index contributed by atoms with van der Waals surface area (Å²) in [6.45, 7) is 8.46. The van der Waals surface area contributed by atoms with Gasteiger partial charge in [-0.3, -0.25) is 9.89 Å². The molecule has 4 rings (SSSR count). The molecule has 1 N–H and O–H groups in total. The van der Waals surface area contributed by atoms with Gasteiger partial charge in [-0.1, -0.05) is 88.4 Å². The first kappa shape index (κ1) is 22.1. The summed E-state index contributed by atoms with van der Waals surface area (Å²) in [5.41, 5.74) is 4.53. The van der Waals surface area contributed by atoms with E-state index in [4.69, 9.17) is 0 Å². The monoisotopic (exact) mass is 390 g/mol. The summed E-state index contributed by atoms with van der Waals surface area (Å²) in [5, 5.41) is 11.8. The van der Waals surface area contributed by atoms with Crippen LogP contribution in [0.1, 0.15) is 44.5 Å². The highest BCUT2D eigenvalue weighted by molar-refractivity contribution is 5.75. The van der Waals surface area contributed by atoms with Crippen molar-refractivity contribution in [3.63, 3.8) is 0 Å². The molecule has 0 saturated heterocycles. The van der Waals surface area contributed by atoms with Gasteiger partial charge in [0.1, 0.15) is 5.52 Å². The van der Waals surface area contributed by atoms with Crippen LogP contribution in [0.15, 0.2) is 71.5 Å². The second kappa shape index (κ2) is 11.6. The fourth-order valence-corrected chi connectivity index (χ4v) is 2.92. The molecular formula is C24H30N4O. The summed E-state index contributed by atoms with van der Waals surface area (Å²) in [5.74, 6) is 0. The van der Waals surface area contributed by atoms with Crippen LogP contribution >= 0.6 is 0 Å². The summed E-state index contributed by atoms with van der Waals surface area (Å²) < 4.78 is 1.50. The lowest BCUT2D eigenvalue weighted by atomic mass is 10.1. The van der Waals surface area contributed by atoms with Gasteiger partial charge in [0.05, 0.1) is 17.8 Å². The molecule has 0 bridgehead atoms. The molecule has 0 aliphatic heterocycles. The standard InChI is InChI=1S/C20H18N4O.2C2H6/c25-19-13-18-20(23-24(19)14-16-9-5-2-6-10-16)17(21-22-18)12-11-15-7-3-1-4-8-15;2*1-2/h1-10,13,22H,11-12,14H2;2*1-2H3. The summed E-state index contributed by atoms with van der Waals surface area (Å²) in [6, 6.07) is 21.7. The molecule has 152 valence electrons. The number of aryl methyl sites for hydroxylation is 2. The third-order valence-electron chi connectivity index (χ3n) is 4.25. The second-order valence-electron chi connectivity index (χ2n) is 6.04. The number of nitrogens with zero attached hydrogens (tertiary/aromatic N) is 3. The second-order valence-corrected chi connectivity index (χ2v) is 6.04. The van der Waals surface area contributed by atoms with Crippen LogP contribution in [0, 0.1) is 0 Å². The highest BCUT2D eigenvalue weighted by atomic mass is 16.1. The molecule has 5 nitrogen and oxygen atoms in total. The molecule has 0 fully saturated rings. The SMILES string of the molecule is CC.CC.O=c1cc2[nH]nc(CCc3ccccc3)c2nn1Cc1ccccc1. The molecule has 0 unspecified atom stereocenters. The Balaban J connectivity index is 0.000000707. The number of nitrogens with one attached hydrogen (secondary N) is 1. The van der Waals surface area contributed by atoms with Crippen molar-refractivity contribution >= 4 is 11.0 Å². The Morgan fingerprint density at radius 1 is 0.828 bits per heavy atom. The maximum Gasteiger partial charge on any atom is 0.269 e. The molecule has 2 aromatic carbocycles. The molecular weight excluding hydrogens is 360 g/mol. The summed E-state index contributed by atoms with van der Waals surface area (Å²) in [4.78, 5) is 12.3. The van der Waals surface area contributed by atoms with E-state index < -0.39 is 0 Å². The Hall–Kier alpha value is -3.21. The first-order valence-electron chi connectivity index (χ1n) is 10.3. The number of aromatic amines is 1. The van der Waals surface area contributed by atoms with Crippen LogP contribution in [0.5, 0.6) is 0 Å². The average molecular weight is 391 g/mol. The summed E-state index contributed by atoms with van der Waals surface area (Å²) in [6.07, 6.45) is 1.67. The van der Waals surface area contributed by atoms with Crippen molar-refractivity contribution in [3.8, 4) is 0 Å². The predicted octanol–water partition coefficient (Wildman–Crippen LogP) is 5.01. The van der Waals surface area contributed by atoms with Gasteiger partial charge in [-0.25, -0.2) is 4.68 Å². The van der Waals surface area contributed by atoms with Crippen LogP contribution < -0.4 is 5.56 Å². The van der Waals surface area contributed by atoms with Gasteiger partial charge in [0.15, 0.2) is 0 Å².